The Morgan fingerprint density at radius 2 is 0.617 bits per heavy atom. The number of aromatic nitrogens is 4. The highest BCUT2D eigenvalue weighted by Crippen LogP contribution is 2.44. The van der Waals surface area contributed by atoms with Gasteiger partial charge in [-0.3, -0.25) is 0 Å². The fourth-order valence-corrected chi connectivity index (χ4v) is 10.3. The summed E-state index contributed by atoms with van der Waals surface area (Å²) in [6, 6.07) is 31.2. The molecule has 10 heteroatoms. The van der Waals surface area contributed by atoms with Gasteiger partial charge in [-0.15, -0.1) is 0 Å². The molecular formula is C37H20Br6N4. The van der Waals surface area contributed by atoms with E-state index in [0.29, 0.717) is 0 Å². The first-order chi connectivity index (χ1) is 22.8. The van der Waals surface area contributed by atoms with E-state index in [1.54, 1.807) is 0 Å². The topological polar surface area (TPSA) is 60.3 Å². The number of hydrogen-bond acceptors (Lipinski definition) is 1. The summed E-state index contributed by atoms with van der Waals surface area (Å²) in [7, 11) is 0. The number of hydrogen-bond donors (Lipinski definition) is 3. The first-order valence-corrected chi connectivity index (χ1v) is 19.2. The lowest BCUT2D eigenvalue weighted by Crippen LogP contribution is -1.89. The van der Waals surface area contributed by atoms with Gasteiger partial charge in [0, 0.05) is 87.8 Å². The van der Waals surface area contributed by atoms with Gasteiger partial charge < -0.3 is 15.0 Å². The van der Waals surface area contributed by atoms with Crippen molar-refractivity contribution in [1.82, 2.24) is 19.9 Å². The number of rotatable bonds is 3. The third-order valence-corrected chi connectivity index (χ3v) is 12.2. The largest absolute Gasteiger partial charge is 0.354 e. The predicted octanol–water partition coefficient (Wildman–Crippen LogP) is 14.3. The molecule has 1 aliphatic rings. The van der Waals surface area contributed by atoms with Crippen molar-refractivity contribution < 1.29 is 0 Å². The zero-order chi connectivity index (χ0) is 32.4. The SMILES string of the molecule is Brc1cccc(Br)c1-c1c2nc(c3ccc([nH]3)c(-c3c(Br)cccc3Br)c3ccc([nH]3)c(-c3c(Br)cccc3Br)c3ccc1[nH]3)C=C2. The molecule has 3 aromatic carbocycles. The van der Waals surface area contributed by atoms with E-state index in [-0.39, 0.29) is 0 Å². The summed E-state index contributed by atoms with van der Waals surface area (Å²) in [5, 5.41) is 0. The minimum absolute atomic E-state index is 0.856. The van der Waals surface area contributed by atoms with Gasteiger partial charge in [-0.05, 0) is 84.9 Å². The molecule has 0 aliphatic carbocycles. The Hall–Kier alpha value is -2.73. The van der Waals surface area contributed by atoms with Gasteiger partial charge in [-0.2, -0.15) is 0 Å². The van der Waals surface area contributed by atoms with E-state index < -0.39 is 0 Å². The highest BCUT2D eigenvalue weighted by Gasteiger charge is 2.20. The van der Waals surface area contributed by atoms with E-state index in [9.17, 15) is 0 Å². The van der Waals surface area contributed by atoms with Crippen LogP contribution in [0.25, 0.3) is 78.6 Å². The molecule has 0 saturated carbocycles. The van der Waals surface area contributed by atoms with Crippen molar-refractivity contribution in [3.8, 4) is 33.4 Å². The molecule has 230 valence electrons. The van der Waals surface area contributed by atoms with Crippen LogP contribution >= 0.6 is 95.6 Å². The third-order valence-electron chi connectivity index (χ3n) is 8.22. The molecule has 0 unspecified atom stereocenters. The Kier molecular flexibility index (Phi) is 8.47. The second-order valence-electron chi connectivity index (χ2n) is 11.0. The molecule has 4 aromatic heterocycles. The number of halogens is 6. The first kappa shape index (κ1) is 31.5. The molecule has 4 nitrogen and oxygen atoms in total. The molecule has 0 fully saturated rings. The minimum Gasteiger partial charge on any atom is -0.354 e. The maximum atomic E-state index is 5.21. The Balaban J connectivity index is 1.62. The van der Waals surface area contributed by atoms with E-state index in [0.717, 1.165) is 105 Å². The zero-order valence-electron chi connectivity index (χ0n) is 24.0. The maximum absolute atomic E-state index is 5.21. The number of H-pyrrole nitrogens is 3. The number of aromatic amines is 3. The quantitative estimate of drug-likeness (QED) is 0.162. The molecule has 8 rings (SSSR count). The number of benzene rings is 3. The van der Waals surface area contributed by atoms with Gasteiger partial charge in [0.25, 0.3) is 0 Å². The molecule has 0 radical (unpaired) electrons. The van der Waals surface area contributed by atoms with Crippen LogP contribution in [0.1, 0.15) is 11.4 Å². The van der Waals surface area contributed by atoms with Crippen molar-refractivity contribution >= 4 is 141 Å². The molecule has 47 heavy (non-hydrogen) atoms. The van der Waals surface area contributed by atoms with Gasteiger partial charge in [0.1, 0.15) is 0 Å². The predicted molar refractivity (Wildman–Crippen MR) is 218 cm³/mol. The number of nitrogens with one attached hydrogen (secondary N) is 3. The van der Waals surface area contributed by atoms with Gasteiger partial charge in [-0.25, -0.2) is 4.98 Å². The van der Waals surface area contributed by atoms with Crippen molar-refractivity contribution in [3.63, 3.8) is 0 Å². The monoisotopic (exact) mass is 994 g/mol. The summed E-state index contributed by atoms with van der Waals surface area (Å²) in [5.41, 5.74) is 13.5. The number of nitrogens with zero attached hydrogens (tertiary/aromatic N) is 1. The molecular weight excluding hydrogens is 980 g/mol. The summed E-state index contributed by atoms with van der Waals surface area (Å²) in [5.74, 6) is 0. The van der Waals surface area contributed by atoms with Crippen LogP contribution in [0.2, 0.25) is 0 Å². The highest BCUT2D eigenvalue weighted by molar-refractivity contribution is 9.12. The first-order valence-electron chi connectivity index (χ1n) is 14.5. The molecule has 0 amide bonds. The third kappa shape index (κ3) is 5.55. The Morgan fingerprint density at radius 1 is 0.319 bits per heavy atom. The van der Waals surface area contributed by atoms with Crippen molar-refractivity contribution in [2.75, 3.05) is 0 Å². The van der Waals surface area contributed by atoms with Crippen LogP contribution < -0.4 is 0 Å². The fraction of sp³-hybridized carbons (Fsp3) is 0. The smallest absolute Gasteiger partial charge is 0.0872 e. The number of fused-ring (bicyclic) bond motifs is 9. The second kappa shape index (κ2) is 12.6. The molecule has 0 saturated heterocycles. The Morgan fingerprint density at radius 3 is 1.02 bits per heavy atom. The van der Waals surface area contributed by atoms with Crippen molar-refractivity contribution in [3.05, 3.63) is 129 Å². The van der Waals surface area contributed by atoms with Crippen LogP contribution in [-0.4, -0.2) is 19.9 Å². The van der Waals surface area contributed by atoms with Gasteiger partial charge in [-0.1, -0.05) is 114 Å². The summed E-state index contributed by atoms with van der Waals surface area (Å²) in [6.45, 7) is 0. The van der Waals surface area contributed by atoms with Gasteiger partial charge in [0.15, 0.2) is 0 Å². The van der Waals surface area contributed by atoms with E-state index in [4.69, 9.17) is 4.98 Å². The van der Waals surface area contributed by atoms with E-state index in [2.05, 4.69) is 195 Å². The van der Waals surface area contributed by atoms with Crippen LogP contribution in [-0.2, 0) is 0 Å². The molecule has 8 bridgehead atoms. The van der Waals surface area contributed by atoms with E-state index in [1.807, 2.05) is 18.2 Å². The second-order valence-corrected chi connectivity index (χ2v) is 16.1. The van der Waals surface area contributed by atoms with Gasteiger partial charge >= 0.3 is 0 Å². The zero-order valence-corrected chi connectivity index (χ0v) is 33.5. The van der Waals surface area contributed by atoms with Crippen LogP contribution in [0.4, 0.5) is 0 Å². The minimum atomic E-state index is 0.856. The molecule has 7 aromatic rings. The lowest BCUT2D eigenvalue weighted by molar-refractivity contribution is 1.32. The van der Waals surface area contributed by atoms with Gasteiger partial charge in [0.05, 0.1) is 16.9 Å². The highest BCUT2D eigenvalue weighted by atomic mass is 79.9. The molecule has 3 N–H and O–H groups in total. The Bertz CT molecular complexity index is 2500. The molecule has 5 heterocycles. The molecule has 0 atom stereocenters. The van der Waals surface area contributed by atoms with Crippen LogP contribution in [0, 0.1) is 0 Å². The molecule has 0 spiro atoms. The maximum Gasteiger partial charge on any atom is 0.0872 e. The van der Waals surface area contributed by atoms with Gasteiger partial charge in [0.2, 0.25) is 0 Å². The summed E-state index contributed by atoms with van der Waals surface area (Å²) in [6.07, 6.45) is 4.16. The van der Waals surface area contributed by atoms with E-state index in [1.165, 1.54) is 0 Å². The Labute approximate surface area is 320 Å². The summed E-state index contributed by atoms with van der Waals surface area (Å²) < 4.78 is 5.83. The molecule has 1 aliphatic heterocycles. The van der Waals surface area contributed by atoms with E-state index >= 15 is 0 Å². The van der Waals surface area contributed by atoms with Crippen molar-refractivity contribution in [2.45, 2.75) is 0 Å². The average molecular weight is 1000 g/mol. The lowest BCUT2D eigenvalue weighted by Gasteiger charge is -2.10. The fourth-order valence-electron chi connectivity index (χ4n) is 6.15. The summed E-state index contributed by atoms with van der Waals surface area (Å²) in [4.78, 5) is 16.5. The standard InChI is InChI=1S/C37H20Br6N4/c38-18-4-1-5-19(39)32(18)35-26-12-10-24(44-26)25-11-13-27(45-25)36(33-20(40)6-2-7-21(33)41)29-15-17-31(47-29)37(30-16-14-28(35)46-30)34-22(42)8-3-9-23(34)43/h1-17,44,46-47H. The normalized spacial score (nSPS) is 12.0. The lowest BCUT2D eigenvalue weighted by atomic mass is 10.0. The van der Waals surface area contributed by atoms with Crippen molar-refractivity contribution in [2.24, 2.45) is 0 Å². The van der Waals surface area contributed by atoms with Crippen molar-refractivity contribution in [1.29, 1.82) is 0 Å². The van der Waals surface area contributed by atoms with Crippen LogP contribution in [0.3, 0.4) is 0 Å². The van der Waals surface area contributed by atoms with Crippen LogP contribution in [0.15, 0.2) is 118 Å². The summed E-state index contributed by atoms with van der Waals surface area (Å²) >= 11 is 23.1. The van der Waals surface area contributed by atoms with Crippen LogP contribution in [0.5, 0.6) is 0 Å². The average Bonchev–Trinajstić information content (AvgIpc) is 3.86.